The predicted octanol–water partition coefficient (Wildman–Crippen LogP) is 1.35. The Bertz CT molecular complexity index is 389. The highest BCUT2D eigenvalue weighted by Crippen LogP contribution is 2.11. The van der Waals surface area contributed by atoms with Crippen LogP contribution in [0.2, 0.25) is 0 Å². The zero-order valence-electron chi connectivity index (χ0n) is 6.57. The topological polar surface area (TPSA) is 30.2 Å². The van der Waals surface area contributed by atoms with Gasteiger partial charge >= 0.3 is 0 Å². The van der Waals surface area contributed by atoms with Gasteiger partial charge in [-0.05, 0) is 25.5 Å². The summed E-state index contributed by atoms with van der Waals surface area (Å²) in [5.41, 5.74) is 3.43. The first-order chi connectivity index (χ1) is 5.29. The standard InChI is InChI=1S/C8H9N3/c1-6-7(2)10-11-5-9-4-3-8(6)11/h3-5H,1-2H3. The van der Waals surface area contributed by atoms with Crippen LogP contribution in [-0.4, -0.2) is 14.6 Å². The van der Waals surface area contributed by atoms with Gasteiger partial charge in [0.05, 0.1) is 11.2 Å². The average molecular weight is 147 g/mol. The Hall–Kier alpha value is -1.38. The van der Waals surface area contributed by atoms with Gasteiger partial charge in [0.2, 0.25) is 0 Å². The molecule has 0 saturated carbocycles. The molecule has 2 rings (SSSR count). The minimum absolute atomic E-state index is 1.07. The lowest BCUT2D eigenvalue weighted by molar-refractivity contribution is 0.900. The normalized spacial score (nSPS) is 10.7. The summed E-state index contributed by atoms with van der Waals surface area (Å²) in [5.74, 6) is 0. The summed E-state index contributed by atoms with van der Waals surface area (Å²) in [6.45, 7) is 4.07. The Morgan fingerprint density at radius 2 is 2.18 bits per heavy atom. The van der Waals surface area contributed by atoms with Crippen molar-refractivity contribution in [1.82, 2.24) is 14.6 Å². The molecule has 0 amide bonds. The number of nitrogens with zero attached hydrogens (tertiary/aromatic N) is 3. The van der Waals surface area contributed by atoms with Gasteiger partial charge < -0.3 is 0 Å². The van der Waals surface area contributed by atoms with Crippen LogP contribution in [0.4, 0.5) is 0 Å². The van der Waals surface area contributed by atoms with Crippen LogP contribution < -0.4 is 0 Å². The van der Waals surface area contributed by atoms with E-state index in [2.05, 4.69) is 17.0 Å². The van der Waals surface area contributed by atoms with Crippen LogP contribution in [0.5, 0.6) is 0 Å². The lowest BCUT2D eigenvalue weighted by Gasteiger charge is -1.88. The van der Waals surface area contributed by atoms with Crippen molar-refractivity contribution in [2.24, 2.45) is 0 Å². The fourth-order valence-corrected chi connectivity index (χ4v) is 1.15. The lowest BCUT2D eigenvalue weighted by Crippen LogP contribution is -1.86. The first kappa shape index (κ1) is 6.34. The summed E-state index contributed by atoms with van der Waals surface area (Å²) in [5, 5.41) is 4.27. The number of rotatable bonds is 0. The van der Waals surface area contributed by atoms with E-state index in [0.29, 0.717) is 0 Å². The molecule has 0 aliphatic rings. The second-order valence-electron chi connectivity index (χ2n) is 2.62. The Balaban J connectivity index is 2.92. The van der Waals surface area contributed by atoms with E-state index in [1.165, 1.54) is 5.56 Å². The van der Waals surface area contributed by atoms with Crippen LogP contribution in [0.25, 0.3) is 5.52 Å². The molecule has 0 radical (unpaired) electrons. The van der Waals surface area contributed by atoms with E-state index < -0.39 is 0 Å². The molecule has 0 unspecified atom stereocenters. The number of aryl methyl sites for hydroxylation is 2. The molecule has 2 aromatic heterocycles. The molecule has 3 heteroatoms. The van der Waals surface area contributed by atoms with Gasteiger partial charge in [0.25, 0.3) is 0 Å². The Labute approximate surface area is 64.7 Å². The molecule has 0 bridgehead atoms. The molecule has 0 atom stereocenters. The fraction of sp³-hybridized carbons (Fsp3) is 0.250. The van der Waals surface area contributed by atoms with Crippen LogP contribution in [0.3, 0.4) is 0 Å². The molecular weight excluding hydrogens is 138 g/mol. The van der Waals surface area contributed by atoms with Gasteiger partial charge in [-0.1, -0.05) is 0 Å². The van der Waals surface area contributed by atoms with Crippen LogP contribution in [-0.2, 0) is 0 Å². The van der Waals surface area contributed by atoms with E-state index in [1.807, 2.05) is 13.0 Å². The minimum Gasteiger partial charge on any atom is -0.245 e. The molecule has 0 saturated heterocycles. The molecular formula is C8H9N3. The van der Waals surface area contributed by atoms with E-state index >= 15 is 0 Å². The van der Waals surface area contributed by atoms with Gasteiger partial charge in [0, 0.05) is 6.20 Å². The number of hydrogen-bond acceptors (Lipinski definition) is 2. The summed E-state index contributed by atoms with van der Waals surface area (Å²) in [4.78, 5) is 3.97. The molecule has 56 valence electrons. The van der Waals surface area contributed by atoms with Crippen LogP contribution >= 0.6 is 0 Å². The molecule has 11 heavy (non-hydrogen) atoms. The van der Waals surface area contributed by atoms with Gasteiger partial charge in [-0.3, -0.25) is 0 Å². The molecule has 3 nitrogen and oxygen atoms in total. The Kier molecular flexibility index (Phi) is 1.18. The summed E-state index contributed by atoms with van der Waals surface area (Å²) >= 11 is 0. The van der Waals surface area contributed by atoms with E-state index in [1.54, 1.807) is 17.0 Å². The maximum Gasteiger partial charge on any atom is 0.117 e. The van der Waals surface area contributed by atoms with Crippen molar-refractivity contribution in [3.8, 4) is 0 Å². The molecule has 0 aromatic carbocycles. The average Bonchev–Trinajstić information content (AvgIpc) is 2.30. The van der Waals surface area contributed by atoms with Crippen molar-refractivity contribution in [2.45, 2.75) is 13.8 Å². The van der Waals surface area contributed by atoms with E-state index in [0.717, 1.165) is 11.2 Å². The molecule has 0 aliphatic heterocycles. The second kappa shape index (κ2) is 2.05. The van der Waals surface area contributed by atoms with E-state index in [-0.39, 0.29) is 0 Å². The lowest BCUT2D eigenvalue weighted by atomic mass is 10.2. The quantitative estimate of drug-likeness (QED) is 0.563. The number of hydrogen-bond donors (Lipinski definition) is 0. The van der Waals surface area contributed by atoms with Crippen LogP contribution in [0, 0.1) is 13.8 Å². The highest BCUT2D eigenvalue weighted by Gasteiger charge is 2.01. The SMILES string of the molecule is Cc1nn2cnccc2c1C. The smallest absolute Gasteiger partial charge is 0.117 e. The maximum atomic E-state index is 4.27. The van der Waals surface area contributed by atoms with Gasteiger partial charge in [-0.25, -0.2) is 9.50 Å². The van der Waals surface area contributed by atoms with Gasteiger partial charge in [-0.2, -0.15) is 5.10 Å². The zero-order valence-corrected chi connectivity index (χ0v) is 6.57. The summed E-state index contributed by atoms with van der Waals surface area (Å²) < 4.78 is 1.80. The Morgan fingerprint density at radius 3 is 2.91 bits per heavy atom. The predicted molar refractivity (Wildman–Crippen MR) is 42.5 cm³/mol. The highest BCUT2D eigenvalue weighted by atomic mass is 15.2. The summed E-state index contributed by atoms with van der Waals surface area (Å²) in [6, 6.07) is 1.97. The fourth-order valence-electron chi connectivity index (χ4n) is 1.15. The van der Waals surface area contributed by atoms with Crippen LogP contribution in [0.1, 0.15) is 11.3 Å². The Morgan fingerprint density at radius 1 is 1.36 bits per heavy atom. The molecule has 2 aromatic rings. The first-order valence-corrected chi connectivity index (χ1v) is 3.54. The zero-order chi connectivity index (χ0) is 7.84. The molecule has 0 N–H and O–H groups in total. The monoisotopic (exact) mass is 147 g/mol. The van der Waals surface area contributed by atoms with Crippen molar-refractivity contribution in [3.05, 3.63) is 29.8 Å². The van der Waals surface area contributed by atoms with E-state index in [9.17, 15) is 0 Å². The number of fused-ring (bicyclic) bond motifs is 1. The maximum absolute atomic E-state index is 4.27. The van der Waals surface area contributed by atoms with Gasteiger partial charge in [0.15, 0.2) is 0 Å². The second-order valence-corrected chi connectivity index (χ2v) is 2.62. The largest absolute Gasteiger partial charge is 0.245 e. The number of aromatic nitrogens is 3. The van der Waals surface area contributed by atoms with Crippen molar-refractivity contribution in [1.29, 1.82) is 0 Å². The van der Waals surface area contributed by atoms with Crippen molar-refractivity contribution >= 4 is 5.52 Å². The highest BCUT2D eigenvalue weighted by molar-refractivity contribution is 5.54. The molecule has 2 heterocycles. The van der Waals surface area contributed by atoms with Crippen LogP contribution in [0.15, 0.2) is 18.6 Å². The molecule has 0 spiro atoms. The van der Waals surface area contributed by atoms with Crippen molar-refractivity contribution in [3.63, 3.8) is 0 Å². The molecule has 0 aliphatic carbocycles. The van der Waals surface area contributed by atoms with Gasteiger partial charge in [-0.15, -0.1) is 0 Å². The van der Waals surface area contributed by atoms with Gasteiger partial charge in [0.1, 0.15) is 6.33 Å². The molecule has 0 fully saturated rings. The third kappa shape index (κ3) is 0.808. The van der Waals surface area contributed by atoms with Crippen molar-refractivity contribution in [2.75, 3.05) is 0 Å². The van der Waals surface area contributed by atoms with E-state index in [4.69, 9.17) is 0 Å². The van der Waals surface area contributed by atoms with Crippen molar-refractivity contribution < 1.29 is 0 Å². The first-order valence-electron chi connectivity index (χ1n) is 3.54. The summed E-state index contributed by atoms with van der Waals surface area (Å²) in [6.07, 6.45) is 3.50. The third-order valence-corrected chi connectivity index (χ3v) is 1.93. The summed E-state index contributed by atoms with van der Waals surface area (Å²) in [7, 11) is 0. The minimum atomic E-state index is 1.07. The third-order valence-electron chi connectivity index (χ3n) is 1.93.